The van der Waals surface area contributed by atoms with Crippen molar-refractivity contribution < 1.29 is 14.3 Å². The van der Waals surface area contributed by atoms with E-state index >= 15 is 0 Å². The van der Waals surface area contributed by atoms with Gasteiger partial charge < -0.3 is 20.1 Å². The Morgan fingerprint density at radius 1 is 1.22 bits per heavy atom. The third-order valence-corrected chi connectivity index (χ3v) is 3.74. The maximum Gasteiger partial charge on any atom is 0.234 e. The van der Waals surface area contributed by atoms with Crippen molar-refractivity contribution in [3.63, 3.8) is 0 Å². The minimum atomic E-state index is 0. The molecule has 1 amide bonds. The fourth-order valence-corrected chi connectivity index (χ4v) is 2.51. The number of ether oxygens (including phenoxy) is 2. The summed E-state index contributed by atoms with van der Waals surface area (Å²) in [5, 5.41) is 6.29. The van der Waals surface area contributed by atoms with E-state index in [4.69, 9.17) is 9.47 Å². The highest BCUT2D eigenvalue weighted by Crippen LogP contribution is 2.27. The molecule has 0 unspecified atom stereocenters. The second-order valence-corrected chi connectivity index (χ2v) is 5.35. The molecule has 0 bridgehead atoms. The lowest BCUT2D eigenvalue weighted by Crippen LogP contribution is -2.38. The summed E-state index contributed by atoms with van der Waals surface area (Å²) in [6.45, 7) is 4.81. The minimum Gasteiger partial charge on any atom is -0.493 e. The van der Waals surface area contributed by atoms with Crippen LogP contribution in [-0.2, 0) is 11.3 Å². The van der Waals surface area contributed by atoms with Crippen LogP contribution >= 0.6 is 12.4 Å². The number of carbonyl (C=O) groups excluding carboxylic acids is 1. The Morgan fingerprint density at radius 3 is 2.74 bits per heavy atom. The quantitative estimate of drug-likeness (QED) is 0.808. The van der Waals surface area contributed by atoms with E-state index in [9.17, 15) is 4.79 Å². The van der Waals surface area contributed by atoms with Gasteiger partial charge in [0.2, 0.25) is 5.91 Å². The smallest absolute Gasteiger partial charge is 0.234 e. The van der Waals surface area contributed by atoms with Crippen molar-refractivity contribution >= 4 is 18.3 Å². The first-order valence-electron chi connectivity index (χ1n) is 7.63. The van der Waals surface area contributed by atoms with Gasteiger partial charge in [-0.15, -0.1) is 12.4 Å². The lowest BCUT2D eigenvalue weighted by Gasteiger charge is -2.18. The minimum absolute atomic E-state index is 0. The van der Waals surface area contributed by atoms with Gasteiger partial charge in [0.15, 0.2) is 11.5 Å². The van der Waals surface area contributed by atoms with E-state index in [2.05, 4.69) is 15.5 Å². The van der Waals surface area contributed by atoms with Crippen LogP contribution in [0.15, 0.2) is 18.2 Å². The van der Waals surface area contributed by atoms with Crippen LogP contribution in [0.4, 0.5) is 0 Å². The Morgan fingerprint density at radius 2 is 2.00 bits per heavy atom. The number of hydrogen-bond donors (Lipinski definition) is 2. The molecule has 1 fully saturated rings. The molecule has 23 heavy (non-hydrogen) atoms. The number of carbonyl (C=O) groups is 1. The summed E-state index contributed by atoms with van der Waals surface area (Å²) < 4.78 is 10.5. The summed E-state index contributed by atoms with van der Waals surface area (Å²) in [4.78, 5) is 14.2. The highest BCUT2D eigenvalue weighted by Gasteiger charge is 2.12. The van der Waals surface area contributed by atoms with E-state index in [-0.39, 0.29) is 18.3 Å². The van der Waals surface area contributed by atoms with Gasteiger partial charge in [0, 0.05) is 19.6 Å². The number of nitrogens with one attached hydrogen (secondary N) is 2. The Hall–Kier alpha value is -1.50. The zero-order valence-corrected chi connectivity index (χ0v) is 14.6. The largest absolute Gasteiger partial charge is 0.493 e. The van der Waals surface area contributed by atoms with E-state index in [0.29, 0.717) is 24.6 Å². The number of rotatable bonds is 6. The SMILES string of the molecule is COc1ccc(CNC(=O)CN2CCCNCC2)cc1OC.Cl. The highest BCUT2D eigenvalue weighted by atomic mass is 35.5. The molecule has 0 aromatic heterocycles. The van der Waals surface area contributed by atoms with Crippen LogP contribution in [0.5, 0.6) is 11.5 Å². The van der Waals surface area contributed by atoms with Crippen LogP contribution in [0.25, 0.3) is 0 Å². The van der Waals surface area contributed by atoms with Crippen molar-refractivity contribution in [2.45, 2.75) is 13.0 Å². The molecule has 2 rings (SSSR count). The Bertz CT molecular complexity index is 491. The Kier molecular flexibility index (Phi) is 8.76. The monoisotopic (exact) mass is 343 g/mol. The van der Waals surface area contributed by atoms with Gasteiger partial charge in [-0.3, -0.25) is 9.69 Å². The number of methoxy groups -OCH3 is 2. The molecule has 6 nitrogen and oxygen atoms in total. The van der Waals surface area contributed by atoms with Crippen molar-refractivity contribution in [1.29, 1.82) is 0 Å². The van der Waals surface area contributed by atoms with Gasteiger partial charge in [-0.1, -0.05) is 6.07 Å². The van der Waals surface area contributed by atoms with E-state index < -0.39 is 0 Å². The van der Waals surface area contributed by atoms with E-state index in [1.54, 1.807) is 14.2 Å². The summed E-state index contributed by atoms with van der Waals surface area (Å²) in [7, 11) is 3.21. The van der Waals surface area contributed by atoms with Gasteiger partial charge in [-0.05, 0) is 37.2 Å². The first-order valence-corrected chi connectivity index (χ1v) is 7.63. The normalized spacial score (nSPS) is 15.2. The van der Waals surface area contributed by atoms with Crippen molar-refractivity contribution in [3.05, 3.63) is 23.8 Å². The fourth-order valence-electron chi connectivity index (χ4n) is 2.51. The maximum atomic E-state index is 12.0. The van der Waals surface area contributed by atoms with Gasteiger partial charge in [-0.2, -0.15) is 0 Å². The van der Waals surface area contributed by atoms with Crippen molar-refractivity contribution in [1.82, 2.24) is 15.5 Å². The predicted molar refractivity (Wildman–Crippen MR) is 92.6 cm³/mol. The summed E-state index contributed by atoms with van der Waals surface area (Å²) >= 11 is 0. The Labute approximate surface area is 143 Å². The third-order valence-electron chi connectivity index (χ3n) is 3.74. The van der Waals surface area contributed by atoms with Crippen molar-refractivity contribution in [2.75, 3.05) is 46.9 Å². The predicted octanol–water partition coefficient (Wildman–Crippen LogP) is 1.04. The summed E-state index contributed by atoms with van der Waals surface area (Å²) in [6, 6.07) is 5.66. The molecule has 1 aromatic carbocycles. The average Bonchev–Trinajstić information content (AvgIpc) is 2.81. The molecular weight excluding hydrogens is 318 g/mol. The third kappa shape index (κ3) is 6.25. The number of hydrogen-bond acceptors (Lipinski definition) is 5. The molecule has 1 heterocycles. The van der Waals surface area contributed by atoms with Gasteiger partial charge in [0.1, 0.15) is 0 Å². The summed E-state index contributed by atoms with van der Waals surface area (Å²) in [6.07, 6.45) is 1.09. The second-order valence-electron chi connectivity index (χ2n) is 5.35. The summed E-state index contributed by atoms with van der Waals surface area (Å²) in [5.74, 6) is 1.42. The van der Waals surface area contributed by atoms with Gasteiger partial charge in [0.05, 0.1) is 20.8 Å². The molecule has 1 saturated heterocycles. The molecular formula is C16H26ClN3O3. The first-order chi connectivity index (χ1) is 10.7. The van der Waals surface area contributed by atoms with Crippen molar-refractivity contribution in [3.8, 4) is 11.5 Å². The van der Waals surface area contributed by atoms with Crippen LogP contribution in [-0.4, -0.2) is 57.8 Å². The molecule has 0 aliphatic carbocycles. The second kappa shape index (κ2) is 10.3. The highest BCUT2D eigenvalue weighted by molar-refractivity contribution is 5.85. The lowest BCUT2D eigenvalue weighted by atomic mass is 10.2. The van der Waals surface area contributed by atoms with Crippen molar-refractivity contribution in [2.24, 2.45) is 0 Å². The number of halogens is 1. The molecule has 2 N–H and O–H groups in total. The Balaban J connectivity index is 0.00000264. The van der Waals surface area contributed by atoms with Gasteiger partial charge >= 0.3 is 0 Å². The zero-order valence-electron chi connectivity index (χ0n) is 13.8. The number of nitrogens with zero attached hydrogens (tertiary/aromatic N) is 1. The summed E-state index contributed by atoms with van der Waals surface area (Å²) in [5.41, 5.74) is 0.989. The average molecular weight is 344 g/mol. The van der Waals surface area contributed by atoms with E-state index in [1.165, 1.54) is 0 Å². The molecule has 0 radical (unpaired) electrons. The molecule has 0 saturated carbocycles. The molecule has 1 aliphatic heterocycles. The van der Waals surface area contributed by atoms with E-state index in [0.717, 1.165) is 38.2 Å². The fraction of sp³-hybridized carbons (Fsp3) is 0.562. The van der Waals surface area contributed by atoms with Gasteiger partial charge in [0.25, 0.3) is 0 Å². The van der Waals surface area contributed by atoms with Crippen LogP contribution in [0.1, 0.15) is 12.0 Å². The lowest BCUT2D eigenvalue weighted by molar-refractivity contribution is -0.122. The molecule has 1 aromatic rings. The maximum absolute atomic E-state index is 12.0. The van der Waals surface area contributed by atoms with Crippen LogP contribution in [0.3, 0.4) is 0 Å². The topological polar surface area (TPSA) is 62.8 Å². The van der Waals surface area contributed by atoms with Gasteiger partial charge in [-0.25, -0.2) is 0 Å². The first kappa shape index (κ1) is 19.5. The molecule has 7 heteroatoms. The number of amides is 1. The molecule has 0 spiro atoms. The van der Waals surface area contributed by atoms with Crippen LogP contribution in [0, 0.1) is 0 Å². The van der Waals surface area contributed by atoms with Crippen LogP contribution < -0.4 is 20.1 Å². The molecule has 0 atom stereocenters. The standard InChI is InChI=1S/C16H25N3O3.ClH/c1-21-14-5-4-13(10-15(14)22-2)11-18-16(20)12-19-8-3-6-17-7-9-19;/h4-5,10,17H,3,6-9,11-12H2,1-2H3,(H,18,20);1H. The zero-order chi connectivity index (χ0) is 15.8. The molecule has 130 valence electrons. The van der Waals surface area contributed by atoms with Crippen LogP contribution in [0.2, 0.25) is 0 Å². The number of benzene rings is 1. The molecule has 1 aliphatic rings. The van der Waals surface area contributed by atoms with E-state index in [1.807, 2.05) is 18.2 Å².